The van der Waals surface area contributed by atoms with Crippen molar-refractivity contribution in [2.24, 2.45) is 17.6 Å². The Labute approximate surface area is 239 Å². The first kappa shape index (κ1) is 30.2. The summed E-state index contributed by atoms with van der Waals surface area (Å²) in [5.74, 6) is -1.90. The number of hydrogen-bond acceptors (Lipinski definition) is 8. The number of nitrogens with two attached hydrogens (primary N) is 1. The van der Waals surface area contributed by atoms with Crippen molar-refractivity contribution < 1.29 is 33.2 Å². The Kier molecular flexibility index (Phi) is 9.16. The number of ether oxygens (including phenoxy) is 2. The summed E-state index contributed by atoms with van der Waals surface area (Å²) in [5.41, 5.74) is 4.65. The van der Waals surface area contributed by atoms with Gasteiger partial charge >= 0.3 is 0 Å². The maximum absolute atomic E-state index is 14.0. The lowest BCUT2D eigenvalue weighted by Gasteiger charge is -2.40. The summed E-state index contributed by atoms with van der Waals surface area (Å²) in [7, 11) is 1.55. The number of nitrogens with one attached hydrogen (secondary N) is 2. The molecular formula is C30H40N4O7. The minimum absolute atomic E-state index is 0.0186. The molecule has 11 heteroatoms. The predicted octanol–water partition coefficient (Wildman–Crippen LogP) is 2.18. The monoisotopic (exact) mass is 568 g/mol. The fourth-order valence-corrected chi connectivity index (χ4v) is 5.71. The van der Waals surface area contributed by atoms with Crippen molar-refractivity contribution >= 4 is 23.5 Å². The van der Waals surface area contributed by atoms with Gasteiger partial charge in [0, 0.05) is 12.5 Å². The molecule has 4 atom stereocenters. The van der Waals surface area contributed by atoms with E-state index in [4.69, 9.17) is 19.7 Å². The highest BCUT2D eigenvalue weighted by Crippen LogP contribution is 2.41. The minimum atomic E-state index is -1.76. The third-order valence-corrected chi connectivity index (χ3v) is 8.26. The molecule has 0 spiro atoms. The van der Waals surface area contributed by atoms with Gasteiger partial charge in [-0.15, -0.1) is 0 Å². The van der Waals surface area contributed by atoms with Crippen LogP contribution in [0, 0.1) is 18.8 Å². The van der Waals surface area contributed by atoms with Crippen LogP contribution in [0.3, 0.4) is 0 Å². The van der Waals surface area contributed by atoms with Gasteiger partial charge in [0.1, 0.15) is 28.7 Å². The van der Waals surface area contributed by atoms with E-state index in [9.17, 15) is 19.2 Å². The molecule has 4 N–H and O–H groups in total. The number of epoxide rings is 1. The molecule has 2 heterocycles. The Balaban J connectivity index is 1.65. The van der Waals surface area contributed by atoms with Gasteiger partial charge in [-0.1, -0.05) is 43.0 Å². The Morgan fingerprint density at radius 3 is 2.39 bits per heavy atom. The van der Waals surface area contributed by atoms with Gasteiger partial charge in [-0.2, -0.15) is 0 Å². The number of methoxy groups -OCH3 is 1. The normalized spacial score (nSPS) is 21.4. The molecule has 1 aromatic carbocycles. The number of Topliss-reactive ketones (excluding diaryl/α,β-unsaturated/α-hetero) is 1. The number of carbonyl (C=O) groups is 4. The Morgan fingerprint density at radius 2 is 1.85 bits per heavy atom. The number of nitrogens with zero attached hydrogens (tertiary/aromatic N) is 1. The highest BCUT2D eigenvalue weighted by molar-refractivity contribution is 6.01. The second-order valence-electron chi connectivity index (χ2n) is 11.6. The number of carbonyl (C=O) groups excluding carboxylic acids is 4. The van der Waals surface area contributed by atoms with Gasteiger partial charge in [0.05, 0.1) is 31.7 Å². The van der Waals surface area contributed by atoms with E-state index in [1.165, 1.54) is 6.92 Å². The van der Waals surface area contributed by atoms with E-state index in [2.05, 4.69) is 15.8 Å². The molecule has 1 saturated carbocycles. The summed E-state index contributed by atoms with van der Waals surface area (Å²) in [6.07, 6.45) is 4.21. The van der Waals surface area contributed by atoms with E-state index in [0.29, 0.717) is 29.2 Å². The van der Waals surface area contributed by atoms with Crippen molar-refractivity contribution in [3.05, 3.63) is 47.3 Å². The zero-order valence-electron chi connectivity index (χ0n) is 24.2. The van der Waals surface area contributed by atoms with Crippen LogP contribution in [0.2, 0.25) is 0 Å². The van der Waals surface area contributed by atoms with Crippen LogP contribution in [-0.2, 0) is 36.8 Å². The van der Waals surface area contributed by atoms with Crippen molar-refractivity contribution in [2.45, 2.75) is 82.9 Å². The van der Waals surface area contributed by atoms with Gasteiger partial charge in [-0.25, -0.2) is 0 Å². The molecule has 3 amide bonds. The molecule has 222 valence electrons. The molecule has 2 fully saturated rings. The van der Waals surface area contributed by atoms with E-state index in [1.54, 1.807) is 51.3 Å². The van der Waals surface area contributed by atoms with Crippen LogP contribution < -0.4 is 21.1 Å². The highest BCUT2D eigenvalue weighted by Gasteiger charge is 2.58. The number of benzene rings is 1. The summed E-state index contributed by atoms with van der Waals surface area (Å²) >= 11 is 0. The van der Waals surface area contributed by atoms with Gasteiger partial charge < -0.3 is 30.4 Å². The standard InChI is InChI=1S/C30H40N4O7/c1-18-13-23(41-34-18)15-25(35)32-19(2)27(37)33-30(28(31)38,16-21-9-11-22(39-4)12-10-21)24(14-20-7-5-6-8-20)26(36)29(3)17-40-29/h9-13,19-20,24H,5-8,14-17H2,1-4H3,(H2,31,38)(H,32,35)(H,33,37)/t19-,24+,29+,30?/m0/s1. The van der Waals surface area contributed by atoms with E-state index in [1.807, 2.05) is 0 Å². The number of rotatable bonds is 14. The largest absolute Gasteiger partial charge is 0.497 e. The lowest BCUT2D eigenvalue weighted by atomic mass is 9.69. The van der Waals surface area contributed by atoms with E-state index < -0.39 is 40.8 Å². The van der Waals surface area contributed by atoms with Crippen LogP contribution >= 0.6 is 0 Å². The molecule has 1 aliphatic carbocycles. The second-order valence-corrected chi connectivity index (χ2v) is 11.6. The Morgan fingerprint density at radius 1 is 1.20 bits per heavy atom. The van der Waals surface area contributed by atoms with Crippen molar-refractivity contribution in [3.63, 3.8) is 0 Å². The summed E-state index contributed by atoms with van der Waals surface area (Å²) in [6, 6.07) is 7.65. The molecule has 4 rings (SSSR count). The first-order chi connectivity index (χ1) is 19.5. The SMILES string of the molecule is COc1ccc(CC(NC(=O)[C@H](C)NC(=O)Cc2cc(C)no2)(C(N)=O)[C@H](CC2CCCC2)C(=O)[C@@]2(C)CO2)cc1. The smallest absolute Gasteiger partial charge is 0.244 e. The molecule has 11 nitrogen and oxygen atoms in total. The molecule has 2 aromatic rings. The molecule has 1 aliphatic heterocycles. The summed E-state index contributed by atoms with van der Waals surface area (Å²) < 4.78 is 15.9. The maximum Gasteiger partial charge on any atom is 0.244 e. The quantitative estimate of drug-likeness (QED) is 0.292. The zero-order valence-corrected chi connectivity index (χ0v) is 24.2. The van der Waals surface area contributed by atoms with Gasteiger partial charge in [0.25, 0.3) is 0 Å². The van der Waals surface area contributed by atoms with Crippen molar-refractivity contribution in [1.82, 2.24) is 15.8 Å². The average molecular weight is 569 g/mol. The number of hydrogen-bond donors (Lipinski definition) is 3. The van der Waals surface area contributed by atoms with E-state index in [0.717, 1.165) is 25.7 Å². The number of primary amides is 1. The third-order valence-electron chi connectivity index (χ3n) is 8.26. The molecule has 0 radical (unpaired) electrons. The number of aromatic nitrogens is 1. The number of aryl methyl sites for hydroxylation is 1. The molecule has 1 aromatic heterocycles. The minimum Gasteiger partial charge on any atom is -0.497 e. The molecule has 41 heavy (non-hydrogen) atoms. The second kappa shape index (κ2) is 12.4. The van der Waals surface area contributed by atoms with Gasteiger partial charge in [-0.3, -0.25) is 19.2 Å². The third kappa shape index (κ3) is 7.13. The summed E-state index contributed by atoms with van der Waals surface area (Å²) in [6.45, 7) is 5.19. The Bertz CT molecular complexity index is 1260. The Hall–Kier alpha value is -3.73. The first-order valence-corrected chi connectivity index (χ1v) is 14.1. The molecule has 2 aliphatic rings. The predicted molar refractivity (Wildman–Crippen MR) is 149 cm³/mol. The fourth-order valence-electron chi connectivity index (χ4n) is 5.71. The topological polar surface area (TPSA) is 166 Å². The van der Waals surface area contributed by atoms with Crippen LogP contribution in [0.25, 0.3) is 0 Å². The molecule has 1 saturated heterocycles. The average Bonchev–Trinajstić information content (AvgIpc) is 3.28. The van der Waals surface area contributed by atoms with E-state index in [-0.39, 0.29) is 31.1 Å². The fraction of sp³-hybridized carbons (Fsp3) is 0.567. The molecule has 1 unspecified atom stereocenters. The van der Waals surface area contributed by atoms with Gasteiger partial charge in [-0.05, 0) is 50.8 Å². The molecule has 0 bridgehead atoms. The van der Waals surface area contributed by atoms with Crippen molar-refractivity contribution in [2.75, 3.05) is 13.7 Å². The van der Waals surface area contributed by atoms with Crippen molar-refractivity contribution in [3.8, 4) is 5.75 Å². The lowest BCUT2D eigenvalue weighted by Crippen LogP contribution is -2.68. The number of ketones is 1. The van der Waals surface area contributed by atoms with Gasteiger partial charge in [0.2, 0.25) is 17.7 Å². The van der Waals surface area contributed by atoms with Gasteiger partial charge in [0.15, 0.2) is 5.78 Å². The van der Waals surface area contributed by atoms with Crippen LogP contribution in [0.4, 0.5) is 0 Å². The highest BCUT2D eigenvalue weighted by atomic mass is 16.6. The van der Waals surface area contributed by atoms with Crippen LogP contribution in [0.1, 0.15) is 63.0 Å². The van der Waals surface area contributed by atoms with Crippen molar-refractivity contribution in [1.29, 1.82) is 0 Å². The first-order valence-electron chi connectivity index (χ1n) is 14.1. The van der Waals surface area contributed by atoms with Crippen LogP contribution in [-0.4, -0.2) is 59.6 Å². The summed E-state index contributed by atoms with van der Waals surface area (Å²) in [4.78, 5) is 53.8. The van der Waals surface area contributed by atoms with E-state index >= 15 is 0 Å². The summed E-state index contributed by atoms with van der Waals surface area (Å²) in [5, 5.41) is 9.28. The molecular weight excluding hydrogens is 528 g/mol. The maximum atomic E-state index is 14.0. The van der Waals surface area contributed by atoms with Crippen LogP contribution in [0.5, 0.6) is 5.75 Å². The number of amides is 3. The zero-order chi connectivity index (χ0) is 29.8. The van der Waals surface area contributed by atoms with Crippen LogP contribution in [0.15, 0.2) is 34.9 Å². The lowest BCUT2D eigenvalue weighted by molar-refractivity contribution is -0.142.